The summed E-state index contributed by atoms with van der Waals surface area (Å²) in [6, 6.07) is 12.3. The van der Waals surface area contributed by atoms with Gasteiger partial charge in [0.1, 0.15) is 0 Å². The Labute approximate surface area is 167 Å². The van der Waals surface area contributed by atoms with Crippen LogP contribution < -0.4 is 24.4 Å². The predicted octanol–water partition coefficient (Wildman–Crippen LogP) is 2.73. The number of anilines is 1. The molecular weight excluding hydrogens is 374 g/mol. The fourth-order valence-electron chi connectivity index (χ4n) is 3.93. The Balaban J connectivity index is 1.51. The van der Waals surface area contributed by atoms with Crippen molar-refractivity contribution in [3.63, 3.8) is 0 Å². The highest BCUT2D eigenvalue weighted by molar-refractivity contribution is 7.14. The number of rotatable bonds is 4. The molecule has 144 valence electrons. The lowest BCUT2D eigenvalue weighted by Gasteiger charge is -2.33. The van der Waals surface area contributed by atoms with Gasteiger partial charge in [-0.05, 0) is 11.6 Å². The second-order valence-electron chi connectivity index (χ2n) is 7.04. The molecule has 6 nitrogen and oxygen atoms in total. The molecule has 1 aromatic heterocycles. The van der Waals surface area contributed by atoms with Crippen LogP contribution in [0.4, 0.5) is 5.13 Å². The number of quaternary nitrogens is 1. The molecule has 3 heterocycles. The minimum Gasteiger partial charge on any atom is -0.492 e. The van der Waals surface area contributed by atoms with Gasteiger partial charge in [-0.25, -0.2) is 4.98 Å². The maximum atomic E-state index is 5.77. The number of aromatic nitrogens is 1. The Kier molecular flexibility index (Phi) is 4.33. The van der Waals surface area contributed by atoms with Crippen molar-refractivity contribution in [2.75, 3.05) is 32.8 Å². The van der Waals surface area contributed by atoms with Crippen LogP contribution in [0.5, 0.6) is 17.2 Å². The van der Waals surface area contributed by atoms with Crippen LogP contribution in [0.3, 0.4) is 0 Å². The Morgan fingerprint density at radius 1 is 1.25 bits per heavy atom. The third-order valence-corrected chi connectivity index (χ3v) is 6.13. The van der Waals surface area contributed by atoms with Crippen LogP contribution in [0, 0.1) is 0 Å². The average Bonchev–Trinajstić information content (AvgIpc) is 3.38. The zero-order chi connectivity index (χ0) is 19.1. The monoisotopic (exact) mass is 396 g/mol. The molecule has 0 aliphatic carbocycles. The third kappa shape index (κ3) is 2.87. The van der Waals surface area contributed by atoms with Crippen molar-refractivity contribution >= 4 is 16.5 Å². The van der Waals surface area contributed by atoms with Crippen LogP contribution in [0.2, 0.25) is 0 Å². The van der Waals surface area contributed by atoms with Crippen LogP contribution in [-0.4, -0.2) is 32.5 Å². The Morgan fingerprint density at radius 2 is 2.11 bits per heavy atom. The van der Waals surface area contributed by atoms with Crippen molar-refractivity contribution < 1.29 is 19.1 Å². The third-order valence-electron chi connectivity index (χ3n) is 5.36. The molecule has 7 heteroatoms. The van der Waals surface area contributed by atoms with Gasteiger partial charge in [-0.2, -0.15) is 0 Å². The standard InChI is InChI=1S/C21H21N3O3S/c1-24-9-8-14-10-16-18(27-12-26-16)19(25-2)17(14)20(24)23-21-22-15(11-28-21)13-6-4-3-5-7-13/h3-7,10-11,20H,8-9,12H2,1-2H3,(H,22,23)/p+1/t20-/m0/s1. The molecule has 0 amide bonds. The number of methoxy groups -OCH3 is 1. The zero-order valence-electron chi connectivity index (χ0n) is 15.8. The van der Waals surface area contributed by atoms with Crippen LogP contribution in [-0.2, 0) is 6.42 Å². The lowest BCUT2D eigenvalue weighted by Crippen LogP contribution is -3.11. The first-order valence-corrected chi connectivity index (χ1v) is 10.2. The molecule has 2 N–H and O–H groups in total. The fraction of sp³-hybridized carbons (Fsp3) is 0.286. The average molecular weight is 396 g/mol. The SMILES string of the molecule is COc1c2c(cc3c1[C@@H](Nc1nc(-c4ccccc4)cs1)[NH+](C)CC3)OCO2. The molecule has 0 saturated heterocycles. The molecule has 0 fully saturated rings. The normalized spacial score (nSPS) is 19.9. The highest BCUT2D eigenvalue weighted by atomic mass is 32.1. The first-order chi connectivity index (χ1) is 13.7. The maximum Gasteiger partial charge on any atom is 0.231 e. The minimum atomic E-state index is 0.0305. The summed E-state index contributed by atoms with van der Waals surface area (Å²) in [5.41, 5.74) is 4.48. The van der Waals surface area contributed by atoms with Crippen molar-refractivity contribution in [2.24, 2.45) is 0 Å². The van der Waals surface area contributed by atoms with Gasteiger partial charge in [0, 0.05) is 17.4 Å². The molecule has 2 aliphatic heterocycles. The molecule has 2 atom stereocenters. The number of ether oxygens (including phenoxy) is 3. The van der Waals surface area contributed by atoms with Crippen LogP contribution in [0.15, 0.2) is 41.8 Å². The summed E-state index contributed by atoms with van der Waals surface area (Å²) >= 11 is 1.62. The van der Waals surface area contributed by atoms with E-state index in [4.69, 9.17) is 19.2 Å². The van der Waals surface area contributed by atoms with Gasteiger partial charge in [-0.15, -0.1) is 11.3 Å². The molecule has 3 aromatic rings. The molecular formula is C21H22N3O3S+. The lowest BCUT2D eigenvalue weighted by molar-refractivity contribution is -0.910. The molecule has 28 heavy (non-hydrogen) atoms. The summed E-state index contributed by atoms with van der Waals surface area (Å²) in [5.74, 6) is 2.24. The second kappa shape index (κ2) is 7.00. The van der Waals surface area contributed by atoms with Gasteiger partial charge in [0.15, 0.2) is 22.8 Å². The number of hydrogen-bond donors (Lipinski definition) is 2. The van der Waals surface area contributed by atoms with Crippen molar-refractivity contribution in [3.8, 4) is 28.5 Å². The number of nitrogens with one attached hydrogen (secondary N) is 2. The molecule has 0 spiro atoms. The van der Waals surface area contributed by atoms with Crippen LogP contribution >= 0.6 is 11.3 Å². The van der Waals surface area contributed by atoms with Crippen molar-refractivity contribution in [2.45, 2.75) is 12.6 Å². The summed E-state index contributed by atoms with van der Waals surface area (Å²) in [7, 11) is 3.88. The number of nitrogens with zero attached hydrogens (tertiary/aromatic N) is 1. The number of fused-ring (bicyclic) bond motifs is 2. The highest BCUT2D eigenvalue weighted by Gasteiger charge is 2.37. The van der Waals surface area contributed by atoms with Crippen molar-refractivity contribution in [1.29, 1.82) is 0 Å². The molecule has 5 rings (SSSR count). The van der Waals surface area contributed by atoms with Gasteiger partial charge >= 0.3 is 0 Å². The molecule has 2 aliphatic rings. The first-order valence-electron chi connectivity index (χ1n) is 9.33. The number of likely N-dealkylation sites (N-methyl/N-ethyl adjacent to an activating group) is 1. The van der Waals surface area contributed by atoms with E-state index in [2.05, 4.69) is 35.9 Å². The smallest absolute Gasteiger partial charge is 0.231 e. The van der Waals surface area contributed by atoms with E-state index in [1.165, 1.54) is 10.5 Å². The molecule has 1 unspecified atom stereocenters. The Morgan fingerprint density at radius 3 is 2.93 bits per heavy atom. The Bertz CT molecular complexity index is 1010. The summed E-state index contributed by atoms with van der Waals surface area (Å²) in [4.78, 5) is 6.17. The van der Waals surface area contributed by atoms with E-state index in [0.29, 0.717) is 5.75 Å². The summed E-state index contributed by atoms with van der Waals surface area (Å²) in [6.45, 7) is 1.26. The van der Waals surface area contributed by atoms with E-state index in [9.17, 15) is 0 Å². The fourth-order valence-corrected chi connectivity index (χ4v) is 4.68. The topological polar surface area (TPSA) is 57.0 Å². The van der Waals surface area contributed by atoms with Gasteiger partial charge in [0.2, 0.25) is 12.5 Å². The van der Waals surface area contributed by atoms with Crippen LogP contribution in [0.25, 0.3) is 11.3 Å². The maximum absolute atomic E-state index is 5.77. The van der Waals surface area contributed by atoms with E-state index in [0.717, 1.165) is 46.4 Å². The molecule has 2 aromatic carbocycles. The minimum absolute atomic E-state index is 0.0305. The first kappa shape index (κ1) is 17.3. The van der Waals surface area contributed by atoms with E-state index in [1.54, 1.807) is 18.4 Å². The lowest BCUT2D eigenvalue weighted by atomic mass is 9.95. The highest BCUT2D eigenvalue weighted by Crippen LogP contribution is 2.47. The van der Waals surface area contributed by atoms with Crippen LogP contribution in [0.1, 0.15) is 17.3 Å². The summed E-state index contributed by atoms with van der Waals surface area (Å²) in [6.07, 6.45) is 1.00. The number of hydrogen-bond acceptors (Lipinski definition) is 6. The van der Waals surface area contributed by atoms with Gasteiger partial charge < -0.3 is 24.4 Å². The second-order valence-corrected chi connectivity index (χ2v) is 7.90. The van der Waals surface area contributed by atoms with Gasteiger partial charge in [0.25, 0.3) is 0 Å². The quantitative estimate of drug-likeness (QED) is 0.710. The Hall–Kier alpha value is -2.77. The molecule has 0 bridgehead atoms. The van der Waals surface area contributed by atoms with Crippen molar-refractivity contribution in [1.82, 2.24) is 4.98 Å². The van der Waals surface area contributed by atoms with E-state index in [-0.39, 0.29) is 13.0 Å². The van der Waals surface area contributed by atoms with E-state index >= 15 is 0 Å². The van der Waals surface area contributed by atoms with E-state index < -0.39 is 0 Å². The number of benzene rings is 2. The summed E-state index contributed by atoms with van der Waals surface area (Å²) < 4.78 is 17.1. The van der Waals surface area contributed by atoms with Gasteiger partial charge in [0.05, 0.1) is 32.0 Å². The summed E-state index contributed by atoms with van der Waals surface area (Å²) in [5, 5.41) is 6.63. The zero-order valence-corrected chi connectivity index (χ0v) is 16.6. The molecule has 0 saturated carbocycles. The van der Waals surface area contributed by atoms with Crippen molar-refractivity contribution in [3.05, 3.63) is 52.9 Å². The molecule has 0 radical (unpaired) electrons. The van der Waals surface area contributed by atoms with Gasteiger partial charge in [-0.3, -0.25) is 0 Å². The predicted molar refractivity (Wildman–Crippen MR) is 108 cm³/mol. The largest absolute Gasteiger partial charge is 0.492 e. The van der Waals surface area contributed by atoms with Gasteiger partial charge in [-0.1, -0.05) is 30.3 Å². The van der Waals surface area contributed by atoms with E-state index in [1.807, 2.05) is 18.2 Å². The number of thiazole rings is 1.